The van der Waals surface area contributed by atoms with Gasteiger partial charge in [0.15, 0.2) is 0 Å². The second-order valence-electron chi connectivity index (χ2n) is 7.32. The summed E-state index contributed by atoms with van der Waals surface area (Å²) >= 11 is 0. The number of rotatable bonds is 5. The highest BCUT2D eigenvalue weighted by atomic mass is 16.2. The molecule has 26 heavy (non-hydrogen) atoms. The molecule has 0 saturated carbocycles. The number of nitrogens with zero attached hydrogens (tertiary/aromatic N) is 2. The van der Waals surface area contributed by atoms with Crippen molar-refractivity contribution in [3.05, 3.63) is 71.8 Å². The van der Waals surface area contributed by atoms with Gasteiger partial charge in [-0.2, -0.15) is 0 Å². The first-order chi connectivity index (χ1) is 12.6. The Kier molecular flexibility index (Phi) is 6.11. The number of piperazine rings is 1. The van der Waals surface area contributed by atoms with Crippen LogP contribution in [0.15, 0.2) is 60.7 Å². The van der Waals surface area contributed by atoms with Crippen LogP contribution in [0.3, 0.4) is 0 Å². The zero-order chi connectivity index (χ0) is 18.4. The van der Waals surface area contributed by atoms with Crippen LogP contribution in [0.1, 0.15) is 25.0 Å². The Balaban J connectivity index is 1.51. The maximum atomic E-state index is 12.4. The predicted molar refractivity (Wildman–Crippen MR) is 109 cm³/mol. The average Bonchev–Trinajstić information content (AvgIpc) is 2.67. The van der Waals surface area contributed by atoms with E-state index in [0.29, 0.717) is 5.92 Å². The summed E-state index contributed by atoms with van der Waals surface area (Å²) in [4.78, 5) is 16.7. The predicted octanol–water partition coefficient (Wildman–Crippen LogP) is 4.25. The molecule has 0 aliphatic carbocycles. The van der Waals surface area contributed by atoms with Crippen molar-refractivity contribution in [2.75, 3.05) is 31.1 Å². The molecule has 0 radical (unpaired) electrons. The largest absolute Gasteiger partial charge is 0.368 e. The minimum absolute atomic E-state index is 0.101. The van der Waals surface area contributed by atoms with Crippen molar-refractivity contribution in [1.29, 1.82) is 0 Å². The standard InChI is InChI=1S/C23H28N2O/c1-19(2)18-21-10-8-20(9-11-21)12-13-23(26)25-16-14-24(15-17-25)22-6-4-3-5-7-22/h3-13,19H,14-18H2,1-2H3/b13-12+. The molecular formula is C23H28N2O. The molecule has 1 amide bonds. The molecule has 1 saturated heterocycles. The molecule has 136 valence electrons. The van der Waals surface area contributed by atoms with E-state index >= 15 is 0 Å². The van der Waals surface area contributed by atoms with Crippen molar-refractivity contribution >= 4 is 17.7 Å². The summed E-state index contributed by atoms with van der Waals surface area (Å²) in [7, 11) is 0. The van der Waals surface area contributed by atoms with Gasteiger partial charge >= 0.3 is 0 Å². The third-order valence-electron chi connectivity index (χ3n) is 4.75. The lowest BCUT2D eigenvalue weighted by molar-refractivity contribution is -0.126. The van der Waals surface area contributed by atoms with Gasteiger partial charge in [0.1, 0.15) is 0 Å². The molecule has 0 N–H and O–H groups in total. The summed E-state index contributed by atoms with van der Waals surface area (Å²) in [5.74, 6) is 0.761. The molecule has 0 aromatic heterocycles. The van der Waals surface area contributed by atoms with Crippen molar-refractivity contribution < 1.29 is 4.79 Å². The first-order valence-electron chi connectivity index (χ1n) is 9.48. The van der Waals surface area contributed by atoms with E-state index in [2.05, 4.69) is 67.3 Å². The van der Waals surface area contributed by atoms with E-state index in [1.54, 1.807) is 6.08 Å². The molecule has 1 fully saturated rings. The second-order valence-corrected chi connectivity index (χ2v) is 7.32. The van der Waals surface area contributed by atoms with Crippen molar-refractivity contribution in [3.63, 3.8) is 0 Å². The van der Waals surface area contributed by atoms with Crippen LogP contribution in [0.2, 0.25) is 0 Å². The Morgan fingerprint density at radius 3 is 2.23 bits per heavy atom. The lowest BCUT2D eigenvalue weighted by Gasteiger charge is -2.35. The van der Waals surface area contributed by atoms with Gasteiger partial charge in [-0.15, -0.1) is 0 Å². The molecule has 3 nitrogen and oxygen atoms in total. The van der Waals surface area contributed by atoms with Gasteiger partial charge in [0, 0.05) is 37.9 Å². The topological polar surface area (TPSA) is 23.6 Å². The van der Waals surface area contributed by atoms with Crippen LogP contribution >= 0.6 is 0 Å². The quantitative estimate of drug-likeness (QED) is 0.754. The molecule has 2 aromatic rings. The van der Waals surface area contributed by atoms with E-state index < -0.39 is 0 Å². The van der Waals surface area contributed by atoms with Crippen LogP contribution in [0.5, 0.6) is 0 Å². The lowest BCUT2D eigenvalue weighted by atomic mass is 10.0. The summed E-state index contributed by atoms with van der Waals surface area (Å²) in [5.41, 5.74) is 3.66. The SMILES string of the molecule is CC(C)Cc1ccc(/C=C/C(=O)N2CCN(c3ccccc3)CC2)cc1. The minimum atomic E-state index is 0.101. The fourth-order valence-electron chi connectivity index (χ4n) is 3.33. The van der Waals surface area contributed by atoms with E-state index in [0.717, 1.165) is 38.2 Å². The Hall–Kier alpha value is -2.55. The number of hydrogen-bond acceptors (Lipinski definition) is 2. The Morgan fingerprint density at radius 2 is 1.62 bits per heavy atom. The van der Waals surface area contributed by atoms with Gasteiger partial charge < -0.3 is 9.80 Å². The van der Waals surface area contributed by atoms with Crippen molar-refractivity contribution in [2.24, 2.45) is 5.92 Å². The normalized spacial score (nSPS) is 15.0. The van der Waals surface area contributed by atoms with Crippen LogP contribution in [-0.2, 0) is 11.2 Å². The third kappa shape index (κ3) is 4.98. The molecule has 0 bridgehead atoms. The summed E-state index contributed by atoms with van der Waals surface area (Å²) in [6.07, 6.45) is 4.72. The summed E-state index contributed by atoms with van der Waals surface area (Å²) in [5, 5.41) is 0. The third-order valence-corrected chi connectivity index (χ3v) is 4.75. The maximum absolute atomic E-state index is 12.4. The van der Waals surface area contributed by atoms with Crippen LogP contribution in [-0.4, -0.2) is 37.0 Å². The zero-order valence-corrected chi connectivity index (χ0v) is 15.8. The van der Waals surface area contributed by atoms with E-state index in [-0.39, 0.29) is 5.91 Å². The molecule has 1 aliphatic heterocycles. The van der Waals surface area contributed by atoms with Crippen molar-refractivity contribution in [2.45, 2.75) is 20.3 Å². The first-order valence-corrected chi connectivity index (χ1v) is 9.48. The molecule has 1 aliphatic rings. The van der Waals surface area contributed by atoms with Crippen LogP contribution < -0.4 is 4.90 Å². The summed E-state index contributed by atoms with van der Waals surface area (Å²) in [6, 6.07) is 18.9. The van der Waals surface area contributed by atoms with Gasteiger partial charge in [-0.1, -0.05) is 56.3 Å². The highest BCUT2D eigenvalue weighted by Gasteiger charge is 2.19. The van der Waals surface area contributed by atoms with Crippen LogP contribution in [0.4, 0.5) is 5.69 Å². The Morgan fingerprint density at radius 1 is 0.962 bits per heavy atom. The molecule has 1 heterocycles. The highest BCUT2D eigenvalue weighted by Crippen LogP contribution is 2.16. The average molecular weight is 348 g/mol. The van der Waals surface area contributed by atoms with Gasteiger partial charge in [0.25, 0.3) is 0 Å². The first kappa shape index (κ1) is 18.2. The smallest absolute Gasteiger partial charge is 0.246 e. The maximum Gasteiger partial charge on any atom is 0.246 e. The lowest BCUT2D eigenvalue weighted by Crippen LogP contribution is -2.48. The van der Waals surface area contributed by atoms with Crippen molar-refractivity contribution in [1.82, 2.24) is 4.90 Å². The van der Waals surface area contributed by atoms with Gasteiger partial charge in [-0.25, -0.2) is 0 Å². The van der Waals surface area contributed by atoms with Crippen molar-refractivity contribution in [3.8, 4) is 0 Å². The zero-order valence-electron chi connectivity index (χ0n) is 15.8. The number of carbonyl (C=O) groups excluding carboxylic acids is 1. The van der Waals surface area contributed by atoms with E-state index in [1.165, 1.54) is 11.3 Å². The molecule has 3 heteroatoms. The highest BCUT2D eigenvalue weighted by molar-refractivity contribution is 5.92. The minimum Gasteiger partial charge on any atom is -0.368 e. The number of amides is 1. The van der Waals surface area contributed by atoms with Gasteiger partial charge in [0.05, 0.1) is 0 Å². The summed E-state index contributed by atoms with van der Waals surface area (Å²) in [6.45, 7) is 7.76. The molecule has 3 rings (SSSR count). The number of para-hydroxylation sites is 1. The van der Waals surface area contributed by atoms with Gasteiger partial charge in [-0.05, 0) is 41.7 Å². The van der Waals surface area contributed by atoms with E-state index in [4.69, 9.17) is 0 Å². The number of anilines is 1. The fourth-order valence-corrected chi connectivity index (χ4v) is 3.33. The molecular weight excluding hydrogens is 320 g/mol. The second kappa shape index (κ2) is 8.70. The van der Waals surface area contributed by atoms with Crippen LogP contribution in [0.25, 0.3) is 6.08 Å². The molecule has 0 spiro atoms. The number of carbonyl (C=O) groups is 1. The monoisotopic (exact) mass is 348 g/mol. The molecule has 0 atom stereocenters. The Labute approximate surface area is 156 Å². The Bertz CT molecular complexity index is 727. The number of hydrogen-bond donors (Lipinski definition) is 0. The van der Waals surface area contributed by atoms with E-state index in [9.17, 15) is 4.79 Å². The van der Waals surface area contributed by atoms with Crippen LogP contribution in [0, 0.1) is 5.92 Å². The number of benzene rings is 2. The fraction of sp³-hybridized carbons (Fsp3) is 0.348. The molecule has 2 aromatic carbocycles. The van der Waals surface area contributed by atoms with E-state index in [1.807, 2.05) is 17.0 Å². The molecule has 0 unspecified atom stereocenters. The van der Waals surface area contributed by atoms with Gasteiger partial charge in [-0.3, -0.25) is 4.79 Å². The summed E-state index contributed by atoms with van der Waals surface area (Å²) < 4.78 is 0. The van der Waals surface area contributed by atoms with Gasteiger partial charge in [0.2, 0.25) is 5.91 Å².